The summed E-state index contributed by atoms with van der Waals surface area (Å²) in [5.41, 5.74) is 4.26. The molecule has 2 aromatic carbocycles. The summed E-state index contributed by atoms with van der Waals surface area (Å²) in [6, 6.07) is 18.6. The molecule has 212 valence electrons. The second-order valence-electron chi connectivity index (χ2n) is 12.9. The van der Waals surface area contributed by atoms with Crippen molar-refractivity contribution in [2.75, 3.05) is 39.8 Å². The third kappa shape index (κ3) is 6.44. The Labute approximate surface area is 235 Å². The molecule has 2 aromatic rings. The SMILES string of the molecule is CCc1ccccc1C1CN(Cc2ccc(OC)cc2)CCN1C1CC2(CCN(C(=O)OC(C)(C)C)CC2)C1. The van der Waals surface area contributed by atoms with Crippen LogP contribution in [0.15, 0.2) is 48.5 Å². The molecule has 1 saturated carbocycles. The van der Waals surface area contributed by atoms with Gasteiger partial charge in [0.15, 0.2) is 0 Å². The normalized spacial score (nSPS) is 22.5. The number of likely N-dealkylation sites (tertiary alicyclic amines) is 1. The van der Waals surface area contributed by atoms with Crippen LogP contribution in [-0.2, 0) is 17.7 Å². The summed E-state index contributed by atoms with van der Waals surface area (Å²) in [5, 5.41) is 0. The van der Waals surface area contributed by atoms with Crippen LogP contribution < -0.4 is 4.74 Å². The van der Waals surface area contributed by atoms with Crippen LogP contribution in [0.2, 0.25) is 0 Å². The number of piperazine rings is 1. The van der Waals surface area contributed by atoms with Crippen LogP contribution in [0.5, 0.6) is 5.75 Å². The minimum atomic E-state index is -0.437. The largest absolute Gasteiger partial charge is 0.497 e. The van der Waals surface area contributed by atoms with Crippen LogP contribution in [-0.4, -0.2) is 72.3 Å². The van der Waals surface area contributed by atoms with Gasteiger partial charge in [-0.15, -0.1) is 0 Å². The van der Waals surface area contributed by atoms with E-state index in [0.717, 1.165) is 64.3 Å². The zero-order chi connectivity index (χ0) is 27.6. The highest BCUT2D eigenvalue weighted by atomic mass is 16.6. The molecule has 1 amide bonds. The maximum absolute atomic E-state index is 12.6. The minimum absolute atomic E-state index is 0.155. The highest BCUT2D eigenvalue weighted by Gasteiger charge is 2.50. The summed E-state index contributed by atoms with van der Waals surface area (Å²) >= 11 is 0. The Hall–Kier alpha value is -2.57. The number of carbonyl (C=O) groups excluding carboxylic acids is 1. The first-order valence-corrected chi connectivity index (χ1v) is 14.9. The lowest BCUT2D eigenvalue weighted by atomic mass is 9.59. The fourth-order valence-electron chi connectivity index (χ4n) is 6.95. The topological polar surface area (TPSA) is 45.2 Å². The Morgan fingerprint density at radius 2 is 1.67 bits per heavy atom. The maximum atomic E-state index is 12.6. The third-order valence-corrected chi connectivity index (χ3v) is 9.15. The molecule has 5 rings (SSSR count). The summed E-state index contributed by atoms with van der Waals surface area (Å²) in [7, 11) is 1.72. The molecule has 0 radical (unpaired) electrons. The van der Waals surface area contributed by atoms with Gasteiger partial charge in [0.25, 0.3) is 0 Å². The molecule has 6 heteroatoms. The van der Waals surface area contributed by atoms with Gasteiger partial charge < -0.3 is 14.4 Å². The first kappa shape index (κ1) is 28.0. The van der Waals surface area contributed by atoms with Crippen LogP contribution in [0.1, 0.15) is 76.1 Å². The van der Waals surface area contributed by atoms with Gasteiger partial charge in [-0.05, 0) is 87.1 Å². The molecule has 0 N–H and O–H groups in total. The molecule has 2 aliphatic heterocycles. The van der Waals surface area contributed by atoms with Crippen molar-refractivity contribution in [3.8, 4) is 5.75 Å². The van der Waals surface area contributed by atoms with E-state index in [2.05, 4.69) is 65.3 Å². The number of hydrogen-bond donors (Lipinski definition) is 0. The summed E-state index contributed by atoms with van der Waals surface area (Å²) < 4.78 is 11.0. The van der Waals surface area contributed by atoms with E-state index < -0.39 is 5.60 Å². The van der Waals surface area contributed by atoms with Crippen molar-refractivity contribution >= 4 is 6.09 Å². The second kappa shape index (κ2) is 11.5. The van der Waals surface area contributed by atoms with Crippen LogP contribution in [0.4, 0.5) is 4.79 Å². The lowest BCUT2D eigenvalue weighted by Gasteiger charge is -2.58. The smallest absolute Gasteiger partial charge is 0.410 e. The molecule has 0 aromatic heterocycles. The zero-order valence-corrected chi connectivity index (χ0v) is 24.6. The predicted octanol–water partition coefficient (Wildman–Crippen LogP) is 6.30. The van der Waals surface area contributed by atoms with Crippen LogP contribution >= 0.6 is 0 Å². The molecule has 6 nitrogen and oxygen atoms in total. The third-order valence-electron chi connectivity index (χ3n) is 9.15. The first-order valence-electron chi connectivity index (χ1n) is 14.9. The minimum Gasteiger partial charge on any atom is -0.497 e. The predicted molar refractivity (Wildman–Crippen MR) is 156 cm³/mol. The molecule has 39 heavy (non-hydrogen) atoms. The fourth-order valence-corrected chi connectivity index (χ4v) is 6.95. The summed E-state index contributed by atoms with van der Waals surface area (Å²) in [5.74, 6) is 0.911. The summed E-state index contributed by atoms with van der Waals surface area (Å²) in [6.45, 7) is 14.0. The number of ether oxygens (including phenoxy) is 2. The molecular weight excluding hydrogens is 486 g/mol. The van der Waals surface area contributed by atoms with Gasteiger partial charge in [0.05, 0.1) is 7.11 Å². The van der Waals surface area contributed by atoms with Crippen LogP contribution in [0.3, 0.4) is 0 Å². The molecule has 3 fully saturated rings. The second-order valence-corrected chi connectivity index (χ2v) is 12.9. The van der Waals surface area contributed by atoms with E-state index in [1.54, 1.807) is 7.11 Å². The number of benzene rings is 2. The quantitative estimate of drug-likeness (QED) is 0.436. The van der Waals surface area contributed by atoms with Crippen molar-refractivity contribution in [3.63, 3.8) is 0 Å². The van der Waals surface area contributed by atoms with E-state index in [9.17, 15) is 4.79 Å². The van der Waals surface area contributed by atoms with E-state index in [4.69, 9.17) is 9.47 Å². The number of rotatable bonds is 6. The summed E-state index contributed by atoms with van der Waals surface area (Å²) in [6.07, 6.45) is 5.59. The fraction of sp³-hybridized carbons (Fsp3) is 0.606. The first-order chi connectivity index (χ1) is 18.7. The monoisotopic (exact) mass is 533 g/mol. The Morgan fingerprint density at radius 1 is 0.974 bits per heavy atom. The number of nitrogens with zero attached hydrogens (tertiary/aromatic N) is 3. The molecule has 2 saturated heterocycles. The van der Waals surface area contributed by atoms with E-state index >= 15 is 0 Å². The van der Waals surface area contributed by atoms with E-state index in [1.807, 2.05) is 25.7 Å². The van der Waals surface area contributed by atoms with E-state index in [-0.39, 0.29) is 6.09 Å². The molecule has 1 unspecified atom stereocenters. The van der Waals surface area contributed by atoms with Gasteiger partial charge in [-0.1, -0.05) is 43.3 Å². The van der Waals surface area contributed by atoms with Gasteiger partial charge in [0, 0.05) is 51.4 Å². The number of amides is 1. The standard InChI is InChI=1S/C33H47N3O3/c1-6-26-9-7-8-10-29(26)30-24-34(23-25-11-13-28(38-5)14-12-25)19-20-36(30)27-21-33(22-27)15-17-35(18-16-33)31(37)39-32(2,3)4/h7-14,27,30H,6,15-24H2,1-5H3. The van der Waals surface area contributed by atoms with Gasteiger partial charge in [-0.25, -0.2) is 4.79 Å². The van der Waals surface area contributed by atoms with Gasteiger partial charge in [-0.3, -0.25) is 9.80 Å². The molecule has 2 heterocycles. The van der Waals surface area contributed by atoms with Gasteiger partial charge in [0.2, 0.25) is 0 Å². The molecule has 0 bridgehead atoms. The van der Waals surface area contributed by atoms with Gasteiger partial charge in [-0.2, -0.15) is 0 Å². The highest BCUT2D eigenvalue weighted by molar-refractivity contribution is 5.68. The van der Waals surface area contributed by atoms with Gasteiger partial charge in [0.1, 0.15) is 11.4 Å². The number of piperidine rings is 1. The average molecular weight is 534 g/mol. The Morgan fingerprint density at radius 3 is 2.31 bits per heavy atom. The average Bonchev–Trinajstić information content (AvgIpc) is 2.91. The number of carbonyl (C=O) groups is 1. The van der Waals surface area contributed by atoms with Crippen molar-refractivity contribution in [2.45, 2.75) is 84.0 Å². The molecular formula is C33H47N3O3. The summed E-state index contributed by atoms with van der Waals surface area (Å²) in [4.78, 5) is 20.0. The van der Waals surface area contributed by atoms with E-state index in [1.165, 1.54) is 29.5 Å². The Kier molecular flexibility index (Phi) is 8.25. The maximum Gasteiger partial charge on any atom is 0.410 e. The lowest BCUT2D eigenvalue weighted by Crippen LogP contribution is -2.60. The van der Waals surface area contributed by atoms with Crippen molar-refractivity contribution in [2.24, 2.45) is 5.41 Å². The molecule has 1 aliphatic carbocycles. The molecule has 1 atom stereocenters. The number of methoxy groups -OCH3 is 1. The lowest BCUT2D eigenvalue weighted by molar-refractivity contribution is -0.0782. The zero-order valence-electron chi connectivity index (χ0n) is 24.6. The Balaban J connectivity index is 1.25. The number of aryl methyl sites for hydroxylation is 1. The molecule has 3 aliphatic rings. The van der Waals surface area contributed by atoms with Crippen molar-refractivity contribution in [3.05, 3.63) is 65.2 Å². The van der Waals surface area contributed by atoms with Crippen LogP contribution in [0, 0.1) is 5.41 Å². The van der Waals surface area contributed by atoms with Crippen molar-refractivity contribution in [1.82, 2.24) is 14.7 Å². The van der Waals surface area contributed by atoms with E-state index in [0.29, 0.717) is 17.5 Å². The van der Waals surface area contributed by atoms with Crippen molar-refractivity contribution in [1.29, 1.82) is 0 Å². The van der Waals surface area contributed by atoms with Crippen LogP contribution in [0.25, 0.3) is 0 Å². The van der Waals surface area contributed by atoms with Crippen molar-refractivity contribution < 1.29 is 14.3 Å². The molecule has 1 spiro atoms. The Bertz CT molecular complexity index is 1110. The number of hydrogen-bond acceptors (Lipinski definition) is 5. The van der Waals surface area contributed by atoms with Gasteiger partial charge >= 0.3 is 6.09 Å². The highest BCUT2D eigenvalue weighted by Crippen LogP contribution is 2.53.